The van der Waals surface area contributed by atoms with Crippen LogP contribution in [0.15, 0.2) is 150 Å². The van der Waals surface area contributed by atoms with Crippen molar-refractivity contribution in [1.29, 1.82) is 0 Å². The molecule has 1 spiro atoms. The molecule has 8 rings (SSSR count). The van der Waals surface area contributed by atoms with E-state index in [1.807, 2.05) is 24.3 Å². The van der Waals surface area contributed by atoms with Crippen LogP contribution in [0.5, 0.6) is 0 Å². The Bertz CT molecular complexity index is 1860. The van der Waals surface area contributed by atoms with E-state index in [0.29, 0.717) is 0 Å². The van der Waals surface area contributed by atoms with Crippen LogP contribution in [-0.4, -0.2) is 5.11 Å². The third-order valence-electron chi connectivity index (χ3n) is 8.87. The summed E-state index contributed by atoms with van der Waals surface area (Å²) < 4.78 is 0.999. The molecular formula is C38H25BrO. The molecule has 1 nitrogen and oxygen atoms in total. The fraction of sp³-hybridized carbons (Fsp3) is 0.0526. The maximum Gasteiger partial charge on any atom is 0.141 e. The summed E-state index contributed by atoms with van der Waals surface area (Å²) in [5, 5.41) is 13.3. The lowest BCUT2D eigenvalue weighted by molar-refractivity contribution is 0.119. The number of rotatable bonds is 2. The van der Waals surface area contributed by atoms with E-state index in [2.05, 4.69) is 137 Å². The molecule has 0 bridgehead atoms. The first-order valence-corrected chi connectivity index (χ1v) is 14.4. The van der Waals surface area contributed by atoms with Crippen molar-refractivity contribution in [3.05, 3.63) is 189 Å². The molecule has 6 aromatic rings. The average molecular weight is 578 g/mol. The maximum atomic E-state index is 13.3. The van der Waals surface area contributed by atoms with Gasteiger partial charge in [-0.15, -0.1) is 0 Å². The van der Waals surface area contributed by atoms with Gasteiger partial charge in [-0.2, -0.15) is 0 Å². The van der Waals surface area contributed by atoms with Gasteiger partial charge in [-0.1, -0.05) is 155 Å². The van der Waals surface area contributed by atoms with Crippen LogP contribution in [0.3, 0.4) is 0 Å². The van der Waals surface area contributed by atoms with Gasteiger partial charge in [-0.05, 0) is 61.7 Å². The van der Waals surface area contributed by atoms with Crippen LogP contribution in [0.2, 0.25) is 0 Å². The molecule has 0 fully saturated rings. The molecule has 0 unspecified atom stereocenters. The predicted octanol–water partition coefficient (Wildman–Crippen LogP) is 9.08. The number of fused-ring (bicyclic) bond motifs is 9. The summed E-state index contributed by atoms with van der Waals surface area (Å²) in [7, 11) is 0. The number of hydrogen-bond donors (Lipinski definition) is 1. The lowest BCUT2D eigenvalue weighted by Gasteiger charge is -2.47. The van der Waals surface area contributed by atoms with Gasteiger partial charge < -0.3 is 5.11 Å². The zero-order chi connectivity index (χ0) is 26.9. The quantitative estimate of drug-likeness (QED) is 0.217. The first-order chi connectivity index (χ1) is 19.7. The average Bonchev–Trinajstić information content (AvgIpc) is 3.31. The smallest absolute Gasteiger partial charge is 0.141 e. The van der Waals surface area contributed by atoms with E-state index in [4.69, 9.17) is 0 Å². The van der Waals surface area contributed by atoms with Gasteiger partial charge in [0.25, 0.3) is 0 Å². The molecule has 0 aliphatic heterocycles. The van der Waals surface area contributed by atoms with Crippen molar-refractivity contribution in [1.82, 2.24) is 0 Å². The first kappa shape index (κ1) is 23.6. The Hall–Kier alpha value is -4.24. The molecule has 0 radical (unpaired) electrons. The summed E-state index contributed by atoms with van der Waals surface area (Å²) in [6.45, 7) is 0. The Morgan fingerprint density at radius 3 is 1.15 bits per heavy atom. The van der Waals surface area contributed by atoms with E-state index < -0.39 is 11.0 Å². The van der Waals surface area contributed by atoms with Crippen molar-refractivity contribution in [2.45, 2.75) is 11.0 Å². The van der Waals surface area contributed by atoms with E-state index in [-0.39, 0.29) is 0 Å². The highest BCUT2D eigenvalue weighted by Gasteiger charge is 2.55. The third kappa shape index (κ3) is 2.90. The van der Waals surface area contributed by atoms with E-state index in [1.54, 1.807) is 0 Å². The second kappa shape index (κ2) is 8.63. The molecule has 0 amide bonds. The highest BCUT2D eigenvalue weighted by Crippen LogP contribution is 2.63. The van der Waals surface area contributed by atoms with Crippen LogP contribution >= 0.6 is 15.9 Å². The topological polar surface area (TPSA) is 20.2 Å². The van der Waals surface area contributed by atoms with Gasteiger partial charge in [0.05, 0.1) is 5.41 Å². The fourth-order valence-electron chi connectivity index (χ4n) is 7.36. The molecule has 40 heavy (non-hydrogen) atoms. The van der Waals surface area contributed by atoms with Gasteiger partial charge in [-0.25, -0.2) is 0 Å². The van der Waals surface area contributed by atoms with Crippen molar-refractivity contribution < 1.29 is 5.11 Å². The first-order valence-electron chi connectivity index (χ1n) is 13.6. The normalized spacial score (nSPS) is 15.2. The minimum atomic E-state index is -1.36. The van der Waals surface area contributed by atoms with Crippen molar-refractivity contribution in [2.24, 2.45) is 0 Å². The molecule has 6 aromatic carbocycles. The second-order valence-corrected chi connectivity index (χ2v) is 11.5. The standard InChI is InChI=1S/C38H25BrO/c39-36-24-12-4-16-28(36)27-15-3-7-19-31(27)38(40)34-22-10-8-20-32(34)37(33-21-9-11-23-35(33)38)29-17-5-1-13-25(29)26-14-2-6-18-30(26)37/h1-24,40H. The van der Waals surface area contributed by atoms with Crippen LogP contribution in [0.4, 0.5) is 0 Å². The van der Waals surface area contributed by atoms with Crippen molar-refractivity contribution in [3.63, 3.8) is 0 Å². The molecule has 1 N–H and O–H groups in total. The van der Waals surface area contributed by atoms with Crippen molar-refractivity contribution in [3.8, 4) is 22.3 Å². The number of aliphatic hydroxyl groups is 1. The Kier molecular flexibility index (Phi) is 5.10. The minimum absolute atomic E-state index is 0.533. The highest BCUT2D eigenvalue weighted by molar-refractivity contribution is 9.10. The van der Waals surface area contributed by atoms with E-state index in [1.165, 1.54) is 22.3 Å². The minimum Gasteiger partial charge on any atom is -0.376 e. The molecular weight excluding hydrogens is 552 g/mol. The maximum absolute atomic E-state index is 13.3. The number of hydrogen-bond acceptors (Lipinski definition) is 1. The lowest BCUT2D eigenvalue weighted by Crippen LogP contribution is -2.44. The summed E-state index contributed by atoms with van der Waals surface area (Å²) in [6, 6.07) is 51.0. The molecule has 2 heteroatoms. The monoisotopic (exact) mass is 576 g/mol. The summed E-state index contributed by atoms with van der Waals surface area (Å²) in [5.41, 5.74) is 10.1. The Morgan fingerprint density at radius 2 is 0.675 bits per heavy atom. The largest absolute Gasteiger partial charge is 0.376 e. The van der Waals surface area contributed by atoms with Crippen LogP contribution in [0.25, 0.3) is 22.3 Å². The SMILES string of the molecule is OC1(c2ccccc2-c2ccccc2Br)c2ccccc2C2(c3ccccc3-c3ccccc32)c2ccccc21. The fourth-order valence-corrected chi connectivity index (χ4v) is 7.86. The summed E-state index contributed by atoms with van der Waals surface area (Å²) in [6.07, 6.45) is 0. The molecule has 2 aliphatic carbocycles. The van der Waals surface area contributed by atoms with Crippen LogP contribution in [0, 0.1) is 0 Å². The van der Waals surface area contributed by atoms with Crippen molar-refractivity contribution in [2.75, 3.05) is 0 Å². The van der Waals surface area contributed by atoms with Crippen LogP contribution < -0.4 is 0 Å². The van der Waals surface area contributed by atoms with Gasteiger partial charge in [0.2, 0.25) is 0 Å². The van der Waals surface area contributed by atoms with Crippen molar-refractivity contribution >= 4 is 15.9 Å². The Balaban J connectivity index is 1.53. The molecule has 0 atom stereocenters. The second-order valence-electron chi connectivity index (χ2n) is 10.7. The molecule has 0 aromatic heterocycles. The number of halogens is 1. The molecule has 190 valence electrons. The lowest BCUT2D eigenvalue weighted by atomic mass is 9.56. The van der Waals surface area contributed by atoms with Gasteiger partial charge in [0.1, 0.15) is 5.60 Å². The molecule has 0 saturated heterocycles. The zero-order valence-corrected chi connectivity index (χ0v) is 23.3. The summed E-state index contributed by atoms with van der Waals surface area (Å²) in [5.74, 6) is 0. The highest BCUT2D eigenvalue weighted by atomic mass is 79.9. The Labute approximate surface area is 242 Å². The van der Waals surface area contributed by atoms with Gasteiger partial charge in [-0.3, -0.25) is 0 Å². The van der Waals surface area contributed by atoms with Gasteiger partial charge >= 0.3 is 0 Å². The van der Waals surface area contributed by atoms with Crippen LogP contribution in [0.1, 0.15) is 38.9 Å². The van der Waals surface area contributed by atoms with E-state index >= 15 is 0 Å². The predicted molar refractivity (Wildman–Crippen MR) is 165 cm³/mol. The third-order valence-corrected chi connectivity index (χ3v) is 9.57. The zero-order valence-electron chi connectivity index (χ0n) is 21.7. The summed E-state index contributed by atoms with van der Waals surface area (Å²) >= 11 is 3.78. The summed E-state index contributed by atoms with van der Waals surface area (Å²) in [4.78, 5) is 0. The van der Waals surface area contributed by atoms with Gasteiger partial charge in [0.15, 0.2) is 0 Å². The number of benzene rings is 6. The van der Waals surface area contributed by atoms with E-state index in [0.717, 1.165) is 43.4 Å². The van der Waals surface area contributed by atoms with Crippen LogP contribution in [-0.2, 0) is 11.0 Å². The molecule has 0 heterocycles. The Morgan fingerprint density at radius 1 is 0.350 bits per heavy atom. The molecule has 0 saturated carbocycles. The van der Waals surface area contributed by atoms with Gasteiger partial charge in [0, 0.05) is 10.0 Å². The van der Waals surface area contributed by atoms with E-state index in [9.17, 15) is 5.11 Å². The molecule has 2 aliphatic rings.